The minimum absolute atomic E-state index is 0.0220. The number of anilines is 1. The molecule has 136 valence electrons. The summed E-state index contributed by atoms with van der Waals surface area (Å²) in [6.45, 7) is 0. The molecule has 0 saturated carbocycles. The Morgan fingerprint density at radius 3 is 2.31 bits per heavy atom. The molecule has 0 aromatic heterocycles. The lowest BCUT2D eigenvalue weighted by Gasteiger charge is -2.10. The molecule has 0 bridgehead atoms. The molecule has 0 heterocycles. The highest BCUT2D eigenvalue weighted by Crippen LogP contribution is 2.16. The number of carbonyl (C=O) groups excluding carboxylic acids is 3. The largest absolute Gasteiger partial charge is 0.497 e. The molecule has 2 amide bonds. The van der Waals surface area contributed by atoms with Crippen LogP contribution in [0.1, 0.15) is 40.0 Å². The van der Waals surface area contributed by atoms with Crippen molar-refractivity contribution in [2.75, 3.05) is 19.5 Å². The molecule has 0 aliphatic carbocycles. The topological polar surface area (TPSA) is 84.5 Å². The van der Waals surface area contributed by atoms with Gasteiger partial charge in [0, 0.05) is 25.5 Å². The van der Waals surface area contributed by atoms with Gasteiger partial charge in [0.25, 0.3) is 5.91 Å². The molecule has 0 radical (unpaired) electrons. The zero-order valence-corrected chi connectivity index (χ0v) is 14.9. The first kappa shape index (κ1) is 19.2. The standard InChI is InChI=1S/C20H22N2O4/c1-21-20(25)16-6-3-4-7-17(16)22-19(24)9-5-8-18(23)14-10-12-15(26-2)13-11-14/h3-4,6-7,10-13H,5,8-9H2,1-2H3,(H,21,25)(H,22,24). The van der Waals surface area contributed by atoms with E-state index >= 15 is 0 Å². The van der Waals surface area contributed by atoms with Crippen molar-refractivity contribution >= 4 is 23.3 Å². The number of benzene rings is 2. The highest BCUT2D eigenvalue weighted by Gasteiger charge is 2.12. The minimum atomic E-state index is -0.268. The van der Waals surface area contributed by atoms with Crippen molar-refractivity contribution < 1.29 is 19.1 Å². The van der Waals surface area contributed by atoms with Crippen LogP contribution in [-0.4, -0.2) is 31.8 Å². The summed E-state index contributed by atoms with van der Waals surface area (Å²) < 4.78 is 5.06. The van der Waals surface area contributed by atoms with E-state index in [-0.39, 0.29) is 30.4 Å². The van der Waals surface area contributed by atoms with Gasteiger partial charge in [0.1, 0.15) is 5.75 Å². The number of amides is 2. The van der Waals surface area contributed by atoms with Crippen LogP contribution in [0.5, 0.6) is 5.75 Å². The molecule has 2 aromatic carbocycles. The van der Waals surface area contributed by atoms with Crippen molar-refractivity contribution in [3.63, 3.8) is 0 Å². The van der Waals surface area contributed by atoms with Gasteiger partial charge in [-0.1, -0.05) is 12.1 Å². The molecule has 0 unspecified atom stereocenters. The maximum absolute atomic E-state index is 12.1. The third-order valence-corrected chi connectivity index (χ3v) is 3.89. The van der Waals surface area contributed by atoms with Gasteiger partial charge in [0.05, 0.1) is 18.4 Å². The summed E-state index contributed by atoms with van der Waals surface area (Å²) in [7, 11) is 3.10. The summed E-state index contributed by atoms with van der Waals surface area (Å²) in [6, 6.07) is 13.7. The molecule has 2 N–H and O–H groups in total. The molecule has 2 rings (SSSR count). The number of hydrogen-bond donors (Lipinski definition) is 2. The molecule has 2 aromatic rings. The third-order valence-electron chi connectivity index (χ3n) is 3.89. The van der Waals surface area contributed by atoms with E-state index in [9.17, 15) is 14.4 Å². The second-order valence-corrected chi connectivity index (χ2v) is 5.68. The SMILES string of the molecule is CNC(=O)c1ccccc1NC(=O)CCCC(=O)c1ccc(OC)cc1. The Hall–Kier alpha value is -3.15. The number of rotatable bonds is 8. The predicted octanol–water partition coefficient (Wildman–Crippen LogP) is 3.05. The number of methoxy groups -OCH3 is 1. The van der Waals surface area contributed by atoms with Crippen molar-refractivity contribution in [1.29, 1.82) is 0 Å². The average molecular weight is 354 g/mol. The van der Waals surface area contributed by atoms with Gasteiger partial charge in [-0.25, -0.2) is 0 Å². The van der Waals surface area contributed by atoms with Gasteiger partial charge >= 0.3 is 0 Å². The number of carbonyl (C=O) groups is 3. The quantitative estimate of drug-likeness (QED) is 0.714. The monoisotopic (exact) mass is 354 g/mol. The summed E-state index contributed by atoms with van der Waals surface area (Å²) in [4.78, 5) is 36.1. The van der Waals surface area contributed by atoms with Gasteiger partial charge in [0.15, 0.2) is 5.78 Å². The van der Waals surface area contributed by atoms with E-state index in [1.807, 2.05) is 0 Å². The minimum Gasteiger partial charge on any atom is -0.497 e. The van der Waals surface area contributed by atoms with Crippen molar-refractivity contribution in [2.24, 2.45) is 0 Å². The number of para-hydroxylation sites is 1. The zero-order chi connectivity index (χ0) is 18.9. The number of Topliss-reactive ketones (excluding diaryl/α,β-unsaturated/α-hetero) is 1. The first-order chi connectivity index (χ1) is 12.5. The average Bonchev–Trinajstić information content (AvgIpc) is 2.67. The molecule has 0 fully saturated rings. The summed E-state index contributed by atoms with van der Waals surface area (Å²) in [5, 5.41) is 5.26. The second kappa shape index (κ2) is 9.36. The molecular weight excluding hydrogens is 332 g/mol. The number of nitrogens with one attached hydrogen (secondary N) is 2. The molecule has 26 heavy (non-hydrogen) atoms. The van der Waals surface area contributed by atoms with Crippen LogP contribution < -0.4 is 15.4 Å². The van der Waals surface area contributed by atoms with E-state index in [1.165, 1.54) is 7.05 Å². The molecule has 0 spiro atoms. The lowest BCUT2D eigenvalue weighted by atomic mass is 10.1. The van der Waals surface area contributed by atoms with Crippen LogP contribution in [-0.2, 0) is 4.79 Å². The number of hydrogen-bond acceptors (Lipinski definition) is 4. The Labute approximate surface area is 152 Å². The molecule has 0 aliphatic heterocycles. The molecule has 6 heteroatoms. The summed E-state index contributed by atoms with van der Waals surface area (Å²) in [5.74, 6) is 0.168. The van der Waals surface area contributed by atoms with Crippen LogP contribution in [0.2, 0.25) is 0 Å². The smallest absolute Gasteiger partial charge is 0.253 e. The maximum Gasteiger partial charge on any atom is 0.253 e. The van der Waals surface area contributed by atoms with E-state index in [0.717, 1.165) is 0 Å². The van der Waals surface area contributed by atoms with Crippen LogP contribution >= 0.6 is 0 Å². The maximum atomic E-state index is 12.1. The Morgan fingerprint density at radius 1 is 0.962 bits per heavy atom. The lowest BCUT2D eigenvalue weighted by molar-refractivity contribution is -0.116. The summed E-state index contributed by atoms with van der Waals surface area (Å²) in [6.07, 6.45) is 0.902. The van der Waals surface area contributed by atoms with Gasteiger partial charge in [0.2, 0.25) is 5.91 Å². The van der Waals surface area contributed by atoms with E-state index < -0.39 is 0 Å². The van der Waals surface area contributed by atoms with Gasteiger partial charge in [-0.3, -0.25) is 14.4 Å². The van der Waals surface area contributed by atoms with Crippen LogP contribution in [0, 0.1) is 0 Å². The normalized spacial score (nSPS) is 10.1. The van der Waals surface area contributed by atoms with E-state index in [4.69, 9.17) is 4.74 Å². The van der Waals surface area contributed by atoms with Crippen LogP contribution in [0.25, 0.3) is 0 Å². The van der Waals surface area contributed by atoms with E-state index in [1.54, 1.807) is 55.6 Å². The highest BCUT2D eigenvalue weighted by molar-refractivity contribution is 6.03. The van der Waals surface area contributed by atoms with Gasteiger partial charge in [-0.2, -0.15) is 0 Å². The lowest BCUT2D eigenvalue weighted by Crippen LogP contribution is -2.21. The molecule has 0 saturated heterocycles. The molecular formula is C20H22N2O4. The van der Waals surface area contributed by atoms with Crippen LogP contribution in [0.15, 0.2) is 48.5 Å². The first-order valence-corrected chi connectivity index (χ1v) is 8.33. The van der Waals surface area contributed by atoms with Crippen molar-refractivity contribution in [3.8, 4) is 5.75 Å². The van der Waals surface area contributed by atoms with E-state index in [0.29, 0.717) is 29.0 Å². The number of ketones is 1. The van der Waals surface area contributed by atoms with Gasteiger partial charge < -0.3 is 15.4 Å². The molecule has 0 atom stereocenters. The van der Waals surface area contributed by atoms with Gasteiger partial charge in [-0.15, -0.1) is 0 Å². The van der Waals surface area contributed by atoms with Gasteiger partial charge in [-0.05, 0) is 42.8 Å². The second-order valence-electron chi connectivity index (χ2n) is 5.68. The Balaban J connectivity index is 1.85. The van der Waals surface area contributed by atoms with Crippen LogP contribution in [0.4, 0.5) is 5.69 Å². The highest BCUT2D eigenvalue weighted by atomic mass is 16.5. The Morgan fingerprint density at radius 2 is 1.65 bits per heavy atom. The van der Waals surface area contributed by atoms with Crippen molar-refractivity contribution in [2.45, 2.75) is 19.3 Å². The van der Waals surface area contributed by atoms with Crippen LogP contribution in [0.3, 0.4) is 0 Å². The van der Waals surface area contributed by atoms with E-state index in [2.05, 4.69) is 10.6 Å². The fourth-order valence-corrected chi connectivity index (χ4v) is 2.47. The van der Waals surface area contributed by atoms with Crippen molar-refractivity contribution in [1.82, 2.24) is 5.32 Å². The molecule has 6 nitrogen and oxygen atoms in total. The Bertz CT molecular complexity index is 785. The summed E-state index contributed by atoms with van der Waals surface area (Å²) in [5.41, 5.74) is 1.45. The fraction of sp³-hybridized carbons (Fsp3) is 0.250. The molecule has 0 aliphatic rings. The predicted molar refractivity (Wildman–Crippen MR) is 99.6 cm³/mol. The first-order valence-electron chi connectivity index (χ1n) is 8.33. The third kappa shape index (κ3) is 5.17. The Kier molecular flexibility index (Phi) is 6.91. The number of ether oxygens (including phenoxy) is 1. The zero-order valence-electron chi connectivity index (χ0n) is 14.9. The summed E-state index contributed by atoms with van der Waals surface area (Å²) >= 11 is 0. The van der Waals surface area contributed by atoms with Crippen molar-refractivity contribution in [3.05, 3.63) is 59.7 Å². The fourth-order valence-electron chi connectivity index (χ4n) is 2.47.